The van der Waals surface area contributed by atoms with Gasteiger partial charge in [0.2, 0.25) is 0 Å². The number of carbonyl (C=O) groups is 2. The third kappa shape index (κ3) is 4.73. The number of hydrogen-bond acceptors (Lipinski definition) is 6. The van der Waals surface area contributed by atoms with Crippen molar-refractivity contribution in [2.24, 2.45) is 0 Å². The van der Waals surface area contributed by atoms with Crippen molar-refractivity contribution >= 4 is 17.4 Å². The van der Waals surface area contributed by atoms with E-state index in [2.05, 4.69) is 13.8 Å². The number of nitrogens with zero attached hydrogens (tertiary/aromatic N) is 1. The van der Waals surface area contributed by atoms with Crippen LogP contribution in [0.5, 0.6) is 11.5 Å². The van der Waals surface area contributed by atoms with Crippen molar-refractivity contribution in [1.82, 2.24) is 4.90 Å². The molecule has 2 aromatic rings. The van der Waals surface area contributed by atoms with Gasteiger partial charge in [0, 0.05) is 20.3 Å². The molecule has 0 radical (unpaired) electrons. The van der Waals surface area contributed by atoms with Crippen molar-refractivity contribution < 1.29 is 28.9 Å². The fourth-order valence-corrected chi connectivity index (χ4v) is 4.12. The normalized spacial score (nSPS) is 17.6. The molecule has 0 bridgehead atoms. The highest BCUT2D eigenvalue weighted by Gasteiger charge is 2.46. The van der Waals surface area contributed by atoms with Crippen LogP contribution in [-0.4, -0.2) is 56.2 Å². The lowest BCUT2D eigenvalue weighted by molar-refractivity contribution is -0.140. The van der Waals surface area contributed by atoms with E-state index in [1.54, 1.807) is 25.3 Å². The predicted molar refractivity (Wildman–Crippen MR) is 126 cm³/mol. The summed E-state index contributed by atoms with van der Waals surface area (Å²) in [6, 6.07) is 12.1. The maximum atomic E-state index is 13.2. The fourth-order valence-electron chi connectivity index (χ4n) is 4.12. The van der Waals surface area contributed by atoms with E-state index in [0.717, 1.165) is 11.1 Å². The maximum Gasteiger partial charge on any atom is 0.295 e. The standard InChI is InChI=1S/C26H31NO6/c1-16(2)17-10-12-18(13-11-17)23-22(25(29)26(30)27(23)14-7-15-31-3)24(28)21-19(32-4)8-6-9-20(21)33-5/h6,8-13,16,23,28H,7,14-15H2,1-5H3/b24-22+. The van der Waals surface area contributed by atoms with Crippen LogP contribution in [0, 0.1) is 0 Å². The topological polar surface area (TPSA) is 85.3 Å². The van der Waals surface area contributed by atoms with Crippen LogP contribution in [0.3, 0.4) is 0 Å². The molecule has 1 fully saturated rings. The van der Waals surface area contributed by atoms with E-state index in [0.29, 0.717) is 37.0 Å². The summed E-state index contributed by atoms with van der Waals surface area (Å²) in [5.41, 5.74) is 2.13. The number of rotatable bonds is 9. The van der Waals surface area contributed by atoms with Gasteiger partial charge in [0.15, 0.2) is 0 Å². The quantitative estimate of drug-likeness (QED) is 0.264. The number of amides is 1. The van der Waals surface area contributed by atoms with Crippen LogP contribution in [0.1, 0.15) is 48.9 Å². The van der Waals surface area contributed by atoms with Gasteiger partial charge < -0.3 is 24.2 Å². The van der Waals surface area contributed by atoms with Gasteiger partial charge in [-0.3, -0.25) is 9.59 Å². The average Bonchev–Trinajstić information content (AvgIpc) is 3.08. The Morgan fingerprint density at radius 3 is 2.12 bits per heavy atom. The van der Waals surface area contributed by atoms with Crippen LogP contribution in [-0.2, 0) is 14.3 Å². The van der Waals surface area contributed by atoms with Crippen LogP contribution in [0.4, 0.5) is 0 Å². The Morgan fingerprint density at radius 1 is 1.00 bits per heavy atom. The van der Waals surface area contributed by atoms with E-state index in [1.807, 2.05) is 24.3 Å². The highest BCUT2D eigenvalue weighted by Crippen LogP contribution is 2.43. The maximum absolute atomic E-state index is 13.2. The second-order valence-electron chi connectivity index (χ2n) is 8.20. The zero-order valence-electron chi connectivity index (χ0n) is 19.8. The summed E-state index contributed by atoms with van der Waals surface area (Å²) in [5, 5.41) is 11.4. The molecule has 2 aromatic carbocycles. The number of methoxy groups -OCH3 is 3. The average molecular weight is 454 g/mol. The number of likely N-dealkylation sites (tertiary alicyclic amines) is 1. The summed E-state index contributed by atoms with van der Waals surface area (Å²) < 4.78 is 16.0. The summed E-state index contributed by atoms with van der Waals surface area (Å²) >= 11 is 0. The predicted octanol–water partition coefficient (Wildman–Crippen LogP) is 4.29. The number of carbonyl (C=O) groups excluding carboxylic acids is 2. The second-order valence-corrected chi connectivity index (χ2v) is 8.20. The van der Waals surface area contributed by atoms with Crippen LogP contribution in [0.2, 0.25) is 0 Å². The monoisotopic (exact) mass is 453 g/mol. The molecular formula is C26H31NO6. The molecule has 33 heavy (non-hydrogen) atoms. The molecule has 0 spiro atoms. The van der Waals surface area contributed by atoms with E-state index in [4.69, 9.17) is 14.2 Å². The molecule has 0 aliphatic carbocycles. The number of ketones is 1. The molecule has 0 aromatic heterocycles. The van der Waals surface area contributed by atoms with Crippen LogP contribution in [0.25, 0.3) is 5.76 Å². The van der Waals surface area contributed by atoms with E-state index < -0.39 is 17.7 Å². The Morgan fingerprint density at radius 2 is 1.61 bits per heavy atom. The summed E-state index contributed by atoms with van der Waals surface area (Å²) in [6.45, 7) is 4.96. The molecule has 0 saturated carbocycles. The fraction of sp³-hybridized carbons (Fsp3) is 0.385. The minimum atomic E-state index is -0.740. The van der Waals surface area contributed by atoms with Gasteiger partial charge >= 0.3 is 0 Å². The van der Waals surface area contributed by atoms with Gasteiger partial charge in [-0.15, -0.1) is 0 Å². The van der Waals surface area contributed by atoms with E-state index in [9.17, 15) is 14.7 Å². The molecule has 1 N–H and O–H groups in total. The lowest BCUT2D eigenvalue weighted by atomic mass is 9.92. The number of hydrogen-bond donors (Lipinski definition) is 1. The van der Waals surface area contributed by atoms with Crippen LogP contribution >= 0.6 is 0 Å². The molecule has 1 saturated heterocycles. The van der Waals surface area contributed by atoms with E-state index in [-0.39, 0.29) is 16.9 Å². The van der Waals surface area contributed by atoms with Crippen LogP contribution in [0.15, 0.2) is 48.0 Å². The van der Waals surface area contributed by atoms with Crippen molar-refractivity contribution in [3.05, 3.63) is 64.7 Å². The van der Waals surface area contributed by atoms with E-state index in [1.165, 1.54) is 19.1 Å². The third-order valence-corrected chi connectivity index (χ3v) is 5.87. The summed E-state index contributed by atoms with van der Waals surface area (Å²) in [5.74, 6) is -0.701. The van der Waals surface area contributed by atoms with Crippen molar-refractivity contribution in [3.8, 4) is 11.5 Å². The highest BCUT2D eigenvalue weighted by molar-refractivity contribution is 6.46. The lowest BCUT2D eigenvalue weighted by Crippen LogP contribution is -2.31. The molecule has 7 nitrogen and oxygen atoms in total. The van der Waals surface area contributed by atoms with Gasteiger partial charge in [0.25, 0.3) is 11.7 Å². The molecule has 1 aliphatic rings. The zero-order valence-corrected chi connectivity index (χ0v) is 19.8. The molecule has 176 valence electrons. The third-order valence-electron chi connectivity index (χ3n) is 5.87. The highest BCUT2D eigenvalue weighted by atomic mass is 16.5. The first kappa shape index (κ1) is 24.3. The number of aliphatic hydroxyl groups is 1. The van der Waals surface area contributed by atoms with Crippen molar-refractivity contribution in [3.63, 3.8) is 0 Å². The molecule has 3 rings (SSSR count). The molecule has 1 heterocycles. The first-order valence-corrected chi connectivity index (χ1v) is 10.9. The Kier molecular flexibility index (Phi) is 7.76. The lowest BCUT2D eigenvalue weighted by Gasteiger charge is -2.26. The molecule has 1 aliphatic heterocycles. The number of aliphatic hydroxyl groups excluding tert-OH is 1. The van der Waals surface area contributed by atoms with Gasteiger partial charge in [0.05, 0.1) is 25.8 Å². The smallest absolute Gasteiger partial charge is 0.295 e. The Bertz CT molecular complexity index is 1020. The first-order valence-electron chi connectivity index (χ1n) is 10.9. The molecule has 1 amide bonds. The molecule has 1 atom stereocenters. The van der Waals surface area contributed by atoms with Crippen molar-refractivity contribution in [1.29, 1.82) is 0 Å². The Hall–Kier alpha value is -3.32. The van der Waals surface area contributed by atoms with Crippen molar-refractivity contribution in [2.45, 2.75) is 32.2 Å². The van der Waals surface area contributed by atoms with E-state index >= 15 is 0 Å². The molecule has 7 heteroatoms. The zero-order chi connectivity index (χ0) is 24.1. The Balaban J connectivity index is 2.21. The van der Waals surface area contributed by atoms with Gasteiger partial charge in [-0.2, -0.15) is 0 Å². The second kappa shape index (κ2) is 10.5. The minimum Gasteiger partial charge on any atom is -0.506 e. The van der Waals surface area contributed by atoms with Gasteiger partial charge in [-0.1, -0.05) is 44.2 Å². The van der Waals surface area contributed by atoms with Gasteiger partial charge in [0.1, 0.15) is 22.8 Å². The Labute approximate surface area is 194 Å². The van der Waals surface area contributed by atoms with Gasteiger partial charge in [-0.05, 0) is 35.6 Å². The molecular weight excluding hydrogens is 422 g/mol. The number of benzene rings is 2. The van der Waals surface area contributed by atoms with Crippen molar-refractivity contribution in [2.75, 3.05) is 34.5 Å². The SMILES string of the molecule is COCCCN1C(=O)C(=O)/C(=C(/O)c2c(OC)cccc2OC)C1c1ccc(C(C)C)cc1. The summed E-state index contributed by atoms with van der Waals surface area (Å²) in [4.78, 5) is 27.7. The number of Topliss-reactive ketones (excluding diaryl/α,β-unsaturated/α-hetero) is 1. The van der Waals surface area contributed by atoms with Crippen LogP contribution < -0.4 is 9.47 Å². The first-order chi connectivity index (χ1) is 15.8. The number of ether oxygens (including phenoxy) is 3. The largest absolute Gasteiger partial charge is 0.506 e. The van der Waals surface area contributed by atoms with Gasteiger partial charge in [-0.25, -0.2) is 0 Å². The molecule has 1 unspecified atom stereocenters. The summed E-state index contributed by atoms with van der Waals surface area (Å²) in [7, 11) is 4.53. The summed E-state index contributed by atoms with van der Waals surface area (Å²) in [6.07, 6.45) is 0.558. The minimum absolute atomic E-state index is 0.0116.